The molecule has 0 aliphatic rings. The third-order valence-electron chi connectivity index (χ3n) is 4.56. The minimum atomic E-state index is -0.682. The zero-order chi connectivity index (χ0) is 22.4. The summed E-state index contributed by atoms with van der Waals surface area (Å²) in [6, 6.07) is 9.37. The van der Waals surface area contributed by atoms with Gasteiger partial charge in [0.2, 0.25) is 11.8 Å². The van der Waals surface area contributed by atoms with E-state index in [0.29, 0.717) is 37.6 Å². The molecule has 30 heavy (non-hydrogen) atoms. The van der Waals surface area contributed by atoms with Crippen molar-refractivity contribution in [1.29, 1.82) is 0 Å². The number of nitrogens with one attached hydrogen (secondary N) is 1. The Labute approximate surface area is 197 Å². The predicted molar refractivity (Wildman–Crippen MR) is 125 cm³/mol. The predicted octanol–water partition coefficient (Wildman–Crippen LogP) is 6.17. The normalized spacial score (nSPS) is 12.0. The van der Waals surface area contributed by atoms with Crippen LogP contribution in [0.2, 0.25) is 20.1 Å². The number of carbonyl (C=O) groups excluding carboxylic acids is 2. The third kappa shape index (κ3) is 6.52. The highest BCUT2D eigenvalue weighted by Gasteiger charge is 2.30. The number of benzene rings is 2. The van der Waals surface area contributed by atoms with Crippen LogP contribution in [0, 0.1) is 0 Å². The van der Waals surface area contributed by atoms with Gasteiger partial charge in [0.15, 0.2) is 0 Å². The molecule has 0 aliphatic carbocycles. The van der Waals surface area contributed by atoms with Crippen LogP contribution in [0.1, 0.15) is 38.3 Å². The molecule has 2 rings (SSSR count). The molecule has 0 fully saturated rings. The molecule has 0 bridgehead atoms. The van der Waals surface area contributed by atoms with E-state index in [-0.39, 0.29) is 30.8 Å². The first-order valence-electron chi connectivity index (χ1n) is 9.60. The second kappa shape index (κ2) is 11.2. The van der Waals surface area contributed by atoms with Gasteiger partial charge in [0, 0.05) is 38.2 Å². The van der Waals surface area contributed by atoms with Crippen LogP contribution < -0.4 is 5.32 Å². The number of carbonyl (C=O) groups is 2. The van der Waals surface area contributed by atoms with Gasteiger partial charge in [-0.25, -0.2) is 0 Å². The Kier molecular flexibility index (Phi) is 9.30. The Bertz CT molecular complexity index is 898. The number of amides is 2. The molecule has 0 saturated carbocycles. The first kappa shape index (κ1) is 24.8. The summed E-state index contributed by atoms with van der Waals surface area (Å²) in [5.74, 6) is -0.493. The zero-order valence-corrected chi connectivity index (χ0v) is 20.0. The van der Waals surface area contributed by atoms with E-state index in [0.717, 1.165) is 0 Å². The van der Waals surface area contributed by atoms with Crippen molar-refractivity contribution in [3.05, 3.63) is 67.6 Å². The molecule has 162 valence electrons. The van der Waals surface area contributed by atoms with Crippen LogP contribution in [0.15, 0.2) is 36.4 Å². The van der Waals surface area contributed by atoms with Crippen LogP contribution >= 0.6 is 46.4 Å². The molecule has 1 N–H and O–H groups in total. The Morgan fingerprint density at radius 2 is 1.63 bits per heavy atom. The number of hydrogen-bond donors (Lipinski definition) is 1. The van der Waals surface area contributed by atoms with Crippen LogP contribution in [0.25, 0.3) is 0 Å². The van der Waals surface area contributed by atoms with Crippen molar-refractivity contribution in [2.45, 2.75) is 52.2 Å². The molecule has 0 spiro atoms. The minimum absolute atomic E-state index is 0.0174. The highest BCUT2D eigenvalue weighted by atomic mass is 35.5. The van der Waals surface area contributed by atoms with Gasteiger partial charge < -0.3 is 10.2 Å². The molecule has 0 unspecified atom stereocenters. The first-order chi connectivity index (χ1) is 14.1. The summed E-state index contributed by atoms with van der Waals surface area (Å²) in [6.07, 6.45) is 0.449. The van der Waals surface area contributed by atoms with Gasteiger partial charge in [0.25, 0.3) is 0 Å². The van der Waals surface area contributed by atoms with Gasteiger partial charge in [-0.2, -0.15) is 0 Å². The average Bonchev–Trinajstić information content (AvgIpc) is 2.65. The Morgan fingerprint density at radius 3 is 2.17 bits per heavy atom. The van der Waals surface area contributed by atoms with E-state index in [9.17, 15) is 9.59 Å². The van der Waals surface area contributed by atoms with E-state index in [1.165, 1.54) is 4.90 Å². The SMILES string of the molecule is CC[C@H](C(=O)NC(C)C)N(Cc1c(Cl)cccc1Cl)C(=O)Cc1ccc(Cl)cc1Cl. The number of rotatable bonds is 8. The maximum Gasteiger partial charge on any atom is 0.243 e. The lowest BCUT2D eigenvalue weighted by molar-refractivity contribution is -0.141. The summed E-state index contributed by atoms with van der Waals surface area (Å²) < 4.78 is 0. The molecule has 0 aliphatic heterocycles. The van der Waals surface area contributed by atoms with Gasteiger partial charge in [-0.3, -0.25) is 9.59 Å². The third-order valence-corrected chi connectivity index (χ3v) is 5.86. The number of nitrogens with zero attached hydrogens (tertiary/aromatic N) is 1. The van der Waals surface area contributed by atoms with E-state index in [1.54, 1.807) is 36.4 Å². The molecule has 4 nitrogen and oxygen atoms in total. The molecule has 0 heterocycles. The quantitative estimate of drug-likeness (QED) is 0.481. The molecule has 0 saturated heterocycles. The van der Waals surface area contributed by atoms with Crippen molar-refractivity contribution in [3.63, 3.8) is 0 Å². The zero-order valence-electron chi connectivity index (χ0n) is 17.0. The topological polar surface area (TPSA) is 49.4 Å². The van der Waals surface area contributed by atoms with Crippen molar-refractivity contribution in [1.82, 2.24) is 10.2 Å². The summed E-state index contributed by atoms with van der Waals surface area (Å²) in [5, 5.41) is 4.63. The summed E-state index contributed by atoms with van der Waals surface area (Å²) in [7, 11) is 0. The van der Waals surface area contributed by atoms with Crippen molar-refractivity contribution in [2.24, 2.45) is 0 Å². The lowest BCUT2D eigenvalue weighted by Gasteiger charge is -2.32. The molecule has 0 aromatic heterocycles. The van der Waals surface area contributed by atoms with Gasteiger partial charge in [0.1, 0.15) is 6.04 Å². The van der Waals surface area contributed by atoms with Gasteiger partial charge in [0.05, 0.1) is 6.42 Å². The molecular formula is C22H24Cl4N2O2. The van der Waals surface area contributed by atoms with Gasteiger partial charge in [-0.1, -0.05) is 65.5 Å². The lowest BCUT2D eigenvalue weighted by atomic mass is 10.1. The Hall–Kier alpha value is -1.46. The first-order valence-corrected chi connectivity index (χ1v) is 11.1. The van der Waals surface area contributed by atoms with Gasteiger partial charge in [-0.15, -0.1) is 0 Å². The standard InChI is InChI=1S/C22H24Cl4N2O2/c1-4-20(22(30)27-13(2)3)28(12-16-17(24)6-5-7-18(16)25)21(29)10-14-8-9-15(23)11-19(14)26/h5-9,11,13,20H,4,10,12H2,1-3H3,(H,27,30)/t20-/m1/s1. The summed E-state index contributed by atoms with van der Waals surface area (Å²) in [5.41, 5.74) is 1.22. The van der Waals surface area contributed by atoms with Crippen LogP contribution in [0.4, 0.5) is 0 Å². The fourth-order valence-electron chi connectivity index (χ4n) is 3.08. The van der Waals surface area contributed by atoms with E-state index < -0.39 is 6.04 Å². The molecule has 2 aromatic carbocycles. The molecule has 8 heteroatoms. The average molecular weight is 490 g/mol. The lowest BCUT2D eigenvalue weighted by Crippen LogP contribution is -2.50. The van der Waals surface area contributed by atoms with Gasteiger partial charge in [-0.05, 0) is 50.1 Å². The number of halogens is 4. The van der Waals surface area contributed by atoms with E-state index in [1.807, 2.05) is 20.8 Å². The summed E-state index contributed by atoms with van der Waals surface area (Å²) in [6.45, 7) is 5.70. The fourth-order valence-corrected chi connectivity index (χ4v) is 4.08. The van der Waals surface area contributed by atoms with Crippen molar-refractivity contribution in [2.75, 3.05) is 0 Å². The molecule has 1 atom stereocenters. The van der Waals surface area contributed by atoms with Crippen LogP contribution in [0.5, 0.6) is 0 Å². The number of hydrogen-bond acceptors (Lipinski definition) is 2. The molecule has 2 amide bonds. The minimum Gasteiger partial charge on any atom is -0.352 e. The highest BCUT2D eigenvalue weighted by Crippen LogP contribution is 2.28. The van der Waals surface area contributed by atoms with Crippen molar-refractivity contribution < 1.29 is 9.59 Å². The monoisotopic (exact) mass is 488 g/mol. The summed E-state index contributed by atoms with van der Waals surface area (Å²) >= 11 is 24.9. The fraction of sp³-hybridized carbons (Fsp3) is 0.364. The molecule has 0 radical (unpaired) electrons. The molecule has 2 aromatic rings. The Balaban J connectivity index is 2.40. The molecular weight excluding hydrogens is 466 g/mol. The van der Waals surface area contributed by atoms with Crippen LogP contribution in [0.3, 0.4) is 0 Å². The summed E-state index contributed by atoms with van der Waals surface area (Å²) in [4.78, 5) is 27.7. The van der Waals surface area contributed by atoms with Gasteiger partial charge >= 0.3 is 0 Å². The van der Waals surface area contributed by atoms with E-state index in [2.05, 4.69) is 5.32 Å². The van der Waals surface area contributed by atoms with Crippen LogP contribution in [-0.2, 0) is 22.6 Å². The van der Waals surface area contributed by atoms with Crippen molar-refractivity contribution in [3.8, 4) is 0 Å². The maximum atomic E-state index is 13.3. The second-order valence-corrected chi connectivity index (χ2v) is 8.88. The van der Waals surface area contributed by atoms with Crippen molar-refractivity contribution >= 4 is 58.2 Å². The smallest absolute Gasteiger partial charge is 0.243 e. The van der Waals surface area contributed by atoms with E-state index >= 15 is 0 Å². The maximum absolute atomic E-state index is 13.3. The van der Waals surface area contributed by atoms with E-state index in [4.69, 9.17) is 46.4 Å². The van der Waals surface area contributed by atoms with Crippen LogP contribution in [-0.4, -0.2) is 28.8 Å². The largest absolute Gasteiger partial charge is 0.352 e. The Morgan fingerprint density at radius 1 is 1.00 bits per heavy atom. The highest BCUT2D eigenvalue weighted by molar-refractivity contribution is 6.36. The second-order valence-electron chi connectivity index (χ2n) is 7.22.